The normalized spacial score (nSPS) is 23.1. The molecule has 0 spiro atoms. The summed E-state index contributed by atoms with van der Waals surface area (Å²) in [5.74, 6) is 0.768. The van der Waals surface area contributed by atoms with E-state index in [0.717, 1.165) is 51.3 Å². The van der Waals surface area contributed by atoms with Gasteiger partial charge in [-0.2, -0.15) is 13.2 Å². The van der Waals surface area contributed by atoms with Gasteiger partial charge in [-0.15, -0.1) is 0 Å². The van der Waals surface area contributed by atoms with Gasteiger partial charge >= 0.3 is 6.18 Å². The molecule has 0 radical (unpaired) electrons. The molecule has 5 nitrogen and oxygen atoms in total. The molecule has 1 aromatic heterocycles. The highest BCUT2D eigenvalue weighted by Crippen LogP contribution is 2.33. The van der Waals surface area contributed by atoms with Crippen molar-refractivity contribution in [3.63, 3.8) is 0 Å². The SMILES string of the molecule is FC(F)(F)c1nc(N[C@@H]2CCN(CCC3CCNCC3)C2)ncc1Cl. The molecule has 1 atom stereocenters. The van der Waals surface area contributed by atoms with Crippen molar-refractivity contribution in [1.82, 2.24) is 20.2 Å². The first kappa shape index (κ1) is 18.7. The Morgan fingerprint density at radius 2 is 2.04 bits per heavy atom. The van der Waals surface area contributed by atoms with E-state index in [2.05, 4.69) is 25.5 Å². The minimum atomic E-state index is -4.58. The number of hydrogen-bond donors (Lipinski definition) is 2. The molecule has 25 heavy (non-hydrogen) atoms. The topological polar surface area (TPSA) is 53.1 Å². The van der Waals surface area contributed by atoms with Crippen LogP contribution in [0.5, 0.6) is 0 Å². The molecule has 2 aliphatic rings. The number of hydrogen-bond acceptors (Lipinski definition) is 5. The summed E-state index contributed by atoms with van der Waals surface area (Å²) < 4.78 is 38.6. The summed E-state index contributed by atoms with van der Waals surface area (Å²) in [5.41, 5.74) is -1.09. The molecule has 2 aliphatic heterocycles. The van der Waals surface area contributed by atoms with Gasteiger partial charge in [-0.25, -0.2) is 9.97 Å². The van der Waals surface area contributed by atoms with Gasteiger partial charge in [-0.3, -0.25) is 0 Å². The van der Waals surface area contributed by atoms with E-state index in [4.69, 9.17) is 11.6 Å². The van der Waals surface area contributed by atoms with Crippen molar-refractivity contribution in [1.29, 1.82) is 0 Å². The fourth-order valence-electron chi connectivity index (χ4n) is 3.51. The monoisotopic (exact) mass is 377 g/mol. The van der Waals surface area contributed by atoms with E-state index in [1.165, 1.54) is 19.3 Å². The lowest BCUT2D eigenvalue weighted by Crippen LogP contribution is -2.32. The van der Waals surface area contributed by atoms with E-state index in [1.54, 1.807) is 0 Å². The first-order chi connectivity index (χ1) is 11.9. The summed E-state index contributed by atoms with van der Waals surface area (Å²) in [6.45, 7) is 4.99. The number of nitrogens with zero attached hydrogens (tertiary/aromatic N) is 3. The lowest BCUT2D eigenvalue weighted by molar-refractivity contribution is -0.141. The van der Waals surface area contributed by atoms with Crippen LogP contribution in [0.1, 0.15) is 31.4 Å². The van der Waals surface area contributed by atoms with Gasteiger partial charge < -0.3 is 15.5 Å². The molecule has 0 aromatic carbocycles. The van der Waals surface area contributed by atoms with Crippen LogP contribution in [0.3, 0.4) is 0 Å². The Kier molecular flexibility index (Phi) is 6.01. The molecule has 140 valence electrons. The minimum Gasteiger partial charge on any atom is -0.350 e. The second kappa shape index (κ2) is 8.05. The average molecular weight is 378 g/mol. The molecular weight excluding hydrogens is 355 g/mol. The van der Waals surface area contributed by atoms with E-state index in [0.29, 0.717) is 0 Å². The van der Waals surface area contributed by atoms with Crippen LogP contribution in [0.2, 0.25) is 5.02 Å². The van der Waals surface area contributed by atoms with Gasteiger partial charge in [0.2, 0.25) is 5.95 Å². The highest BCUT2D eigenvalue weighted by atomic mass is 35.5. The Morgan fingerprint density at radius 1 is 1.28 bits per heavy atom. The van der Waals surface area contributed by atoms with Crippen molar-refractivity contribution in [2.75, 3.05) is 38.0 Å². The van der Waals surface area contributed by atoms with Crippen molar-refractivity contribution < 1.29 is 13.2 Å². The number of aromatic nitrogens is 2. The summed E-state index contributed by atoms with van der Waals surface area (Å²) in [6.07, 6.45) is 0.947. The summed E-state index contributed by atoms with van der Waals surface area (Å²) in [6, 6.07) is 0.0651. The van der Waals surface area contributed by atoms with E-state index in [1.807, 2.05) is 0 Å². The number of alkyl halides is 3. The van der Waals surface area contributed by atoms with E-state index >= 15 is 0 Å². The first-order valence-electron chi connectivity index (χ1n) is 8.71. The highest BCUT2D eigenvalue weighted by Gasteiger charge is 2.36. The summed E-state index contributed by atoms with van der Waals surface area (Å²) in [7, 11) is 0. The van der Waals surface area contributed by atoms with E-state index in [-0.39, 0.29) is 12.0 Å². The summed E-state index contributed by atoms with van der Waals surface area (Å²) >= 11 is 5.55. The largest absolute Gasteiger partial charge is 0.435 e. The number of nitrogens with one attached hydrogen (secondary N) is 2. The average Bonchev–Trinajstić information content (AvgIpc) is 3.02. The molecule has 2 N–H and O–H groups in total. The summed E-state index contributed by atoms with van der Waals surface area (Å²) in [5, 5.41) is 5.91. The number of rotatable bonds is 5. The number of halogens is 4. The van der Waals surface area contributed by atoms with Crippen LogP contribution in [0.15, 0.2) is 6.20 Å². The predicted octanol–water partition coefficient (Wildman–Crippen LogP) is 3.02. The van der Waals surface area contributed by atoms with Crippen molar-refractivity contribution in [3.8, 4) is 0 Å². The van der Waals surface area contributed by atoms with Crippen molar-refractivity contribution in [2.45, 2.75) is 37.9 Å². The molecular formula is C16H23ClF3N5. The van der Waals surface area contributed by atoms with Gasteiger partial charge in [-0.1, -0.05) is 11.6 Å². The molecule has 3 rings (SSSR count). The Bertz CT molecular complexity index is 577. The second-order valence-electron chi connectivity index (χ2n) is 6.80. The van der Waals surface area contributed by atoms with Gasteiger partial charge in [0, 0.05) is 19.1 Å². The van der Waals surface area contributed by atoms with Crippen LogP contribution in [-0.4, -0.2) is 53.6 Å². The third kappa shape index (κ3) is 5.18. The smallest absolute Gasteiger partial charge is 0.350 e. The Labute approximate surface area is 150 Å². The second-order valence-corrected chi connectivity index (χ2v) is 7.21. The van der Waals surface area contributed by atoms with Crippen molar-refractivity contribution in [3.05, 3.63) is 16.9 Å². The lowest BCUT2D eigenvalue weighted by Gasteiger charge is -2.25. The molecule has 0 amide bonds. The maximum atomic E-state index is 12.9. The fraction of sp³-hybridized carbons (Fsp3) is 0.750. The number of piperidine rings is 1. The van der Waals surface area contributed by atoms with E-state index < -0.39 is 16.9 Å². The van der Waals surface area contributed by atoms with Gasteiger partial charge in [0.15, 0.2) is 5.69 Å². The van der Waals surface area contributed by atoms with Crippen LogP contribution < -0.4 is 10.6 Å². The highest BCUT2D eigenvalue weighted by molar-refractivity contribution is 6.31. The Morgan fingerprint density at radius 3 is 2.76 bits per heavy atom. The van der Waals surface area contributed by atoms with Crippen LogP contribution in [0, 0.1) is 5.92 Å². The van der Waals surface area contributed by atoms with Crippen LogP contribution in [0.4, 0.5) is 19.1 Å². The molecule has 9 heteroatoms. The first-order valence-corrected chi connectivity index (χ1v) is 9.09. The van der Waals surface area contributed by atoms with Gasteiger partial charge in [0.1, 0.15) is 0 Å². The zero-order valence-electron chi connectivity index (χ0n) is 13.9. The zero-order valence-corrected chi connectivity index (χ0v) is 14.7. The van der Waals surface area contributed by atoms with E-state index in [9.17, 15) is 13.2 Å². The number of anilines is 1. The molecule has 1 aromatic rings. The maximum absolute atomic E-state index is 12.9. The minimum absolute atomic E-state index is 0.0121. The standard InChI is InChI=1S/C16H23ClF3N5/c17-13-9-22-15(24-14(13)16(18,19)20)23-12-4-8-25(10-12)7-3-11-1-5-21-6-2-11/h9,11-12,21H,1-8,10H2,(H,22,23,24)/t12-/m1/s1. The van der Waals surface area contributed by atoms with Crippen LogP contribution >= 0.6 is 11.6 Å². The van der Waals surface area contributed by atoms with Crippen LogP contribution in [-0.2, 0) is 6.18 Å². The third-order valence-corrected chi connectivity index (χ3v) is 5.21. The third-order valence-electron chi connectivity index (χ3n) is 4.93. The summed E-state index contributed by atoms with van der Waals surface area (Å²) in [4.78, 5) is 9.79. The molecule has 0 aliphatic carbocycles. The molecule has 2 saturated heterocycles. The Balaban J connectivity index is 1.49. The molecule has 0 bridgehead atoms. The quantitative estimate of drug-likeness (QED) is 0.826. The molecule has 2 fully saturated rings. The maximum Gasteiger partial charge on any atom is 0.435 e. The van der Waals surface area contributed by atoms with Gasteiger partial charge in [0.25, 0.3) is 0 Å². The molecule has 3 heterocycles. The molecule has 0 unspecified atom stereocenters. The lowest BCUT2D eigenvalue weighted by atomic mass is 9.94. The predicted molar refractivity (Wildman–Crippen MR) is 90.7 cm³/mol. The van der Waals surface area contributed by atoms with Crippen molar-refractivity contribution >= 4 is 17.5 Å². The van der Waals surface area contributed by atoms with Crippen LogP contribution in [0.25, 0.3) is 0 Å². The van der Waals surface area contributed by atoms with Gasteiger partial charge in [-0.05, 0) is 51.2 Å². The molecule has 0 saturated carbocycles. The zero-order chi connectivity index (χ0) is 17.9. The Hall–Kier alpha value is -1.12. The number of likely N-dealkylation sites (tertiary alicyclic amines) is 1. The fourth-order valence-corrected chi connectivity index (χ4v) is 3.71. The van der Waals surface area contributed by atoms with Gasteiger partial charge in [0.05, 0.1) is 11.2 Å². The van der Waals surface area contributed by atoms with Crippen molar-refractivity contribution in [2.24, 2.45) is 5.92 Å².